The van der Waals surface area contributed by atoms with E-state index in [1.807, 2.05) is 19.1 Å². The number of likely N-dealkylation sites (N-methyl/N-ethyl adjacent to an activating group) is 1. The molecule has 0 radical (unpaired) electrons. The Kier molecular flexibility index (Phi) is 6.36. The van der Waals surface area contributed by atoms with E-state index >= 15 is 0 Å². The zero-order valence-corrected chi connectivity index (χ0v) is 17.0. The fourth-order valence-electron chi connectivity index (χ4n) is 2.98. The molecule has 1 heterocycles. The van der Waals surface area contributed by atoms with Crippen LogP contribution >= 0.6 is 11.3 Å². The highest BCUT2D eigenvalue weighted by Crippen LogP contribution is 2.32. The van der Waals surface area contributed by atoms with Crippen molar-refractivity contribution in [2.24, 2.45) is 0 Å². The fraction of sp³-hybridized carbons (Fsp3) is 0.333. The Balaban J connectivity index is 1.98. The first-order valence-electron chi connectivity index (χ1n) is 9.29. The molecule has 0 fully saturated rings. The van der Waals surface area contributed by atoms with Crippen molar-refractivity contribution in [2.75, 3.05) is 31.1 Å². The first-order valence-corrected chi connectivity index (χ1v) is 10.1. The number of fused-ring (bicyclic) bond motifs is 1. The van der Waals surface area contributed by atoms with Gasteiger partial charge in [-0.15, -0.1) is 0 Å². The summed E-state index contributed by atoms with van der Waals surface area (Å²) in [5, 5.41) is 0.372. The number of aryl methyl sites for hydroxylation is 1. The monoisotopic (exact) mass is 403 g/mol. The van der Waals surface area contributed by atoms with Gasteiger partial charge >= 0.3 is 0 Å². The van der Waals surface area contributed by atoms with E-state index < -0.39 is 11.6 Å². The molecule has 0 saturated carbocycles. The second kappa shape index (κ2) is 8.75. The molecule has 1 amide bonds. The lowest BCUT2D eigenvalue weighted by atomic mass is 10.1. The summed E-state index contributed by atoms with van der Waals surface area (Å²) < 4.78 is 28.1. The Labute approximate surface area is 167 Å². The Morgan fingerprint density at radius 2 is 1.75 bits per heavy atom. The van der Waals surface area contributed by atoms with E-state index in [-0.39, 0.29) is 11.4 Å². The predicted molar refractivity (Wildman–Crippen MR) is 110 cm³/mol. The van der Waals surface area contributed by atoms with Crippen LogP contribution in [0.15, 0.2) is 36.4 Å². The number of thiazole rings is 1. The van der Waals surface area contributed by atoms with Crippen LogP contribution in [-0.2, 0) is 0 Å². The number of benzene rings is 2. The zero-order chi connectivity index (χ0) is 20.3. The largest absolute Gasteiger partial charge is 0.302 e. The van der Waals surface area contributed by atoms with Crippen molar-refractivity contribution in [3.8, 4) is 0 Å². The summed E-state index contributed by atoms with van der Waals surface area (Å²) in [6.07, 6.45) is 0. The maximum absolute atomic E-state index is 14.1. The Hall–Kier alpha value is -2.38. The van der Waals surface area contributed by atoms with E-state index in [0.717, 1.165) is 36.1 Å². The second-order valence-electron chi connectivity index (χ2n) is 6.58. The van der Waals surface area contributed by atoms with Gasteiger partial charge in [-0.1, -0.05) is 42.9 Å². The quantitative estimate of drug-likeness (QED) is 0.565. The summed E-state index contributed by atoms with van der Waals surface area (Å²) >= 11 is 1.12. The molecule has 0 saturated heterocycles. The van der Waals surface area contributed by atoms with Crippen molar-refractivity contribution >= 4 is 32.6 Å². The molecule has 4 nitrogen and oxygen atoms in total. The van der Waals surface area contributed by atoms with Gasteiger partial charge in [0.15, 0.2) is 10.9 Å². The number of rotatable bonds is 7. The zero-order valence-electron chi connectivity index (χ0n) is 16.2. The SMILES string of the molecule is CCN(CC)CCN(C(=O)c1ccc(C)cc1)c1nc2c(F)cc(F)cc2s1. The van der Waals surface area contributed by atoms with Gasteiger partial charge < -0.3 is 4.90 Å². The van der Waals surface area contributed by atoms with Gasteiger partial charge in [-0.05, 0) is 38.2 Å². The molecule has 1 aromatic heterocycles. The van der Waals surface area contributed by atoms with E-state index in [1.165, 1.54) is 6.07 Å². The summed E-state index contributed by atoms with van der Waals surface area (Å²) in [5.74, 6) is -1.57. The molecule has 0 unspecified atom stereocenters. The number of hydrogen-bond donors (Lipinski definition) is 0. The van der Waals surface area contributed by atoms with Crippen LogP contribution in [0.2, 0.25) is 0 Å². The van der Waals surface area contributed by atoms with E-state index in [1.54, 1.807) is 17.0 Å². The molecule has 0 aliphatic rings. The van der Waals surface area contributed by atoms with E-state index in [9.17, 15) is 13.6 Å². The first kappa shape index (κ1) is 20.4. The Morgan fingerprint density at radius 1 is 1.07 bits per heavy atom. The highest BCUT2D eigenvalue weighted by molar-refractivity contribution is 7.22. The van der Waals surface area contributed by atoms with E-state index in [0.29, 0.717) is 28.5 Å². The Bertz CT molecular complexity index is 968. The molecule has 0 aliphatic carbocycles. The average Bonchev–Trinajstić information content (AvgIpc) is 3.09. The van der Waals surface area contributed by atoms with Crippen molar-refractivity contribution in [1.29, 1.82) is 0 Å². The van der Waals surface area contributed by atoms with Crippen molar-refractivity contribution in [3.05, 3.63) is 59.2 Å². The van der Waals surface area contributed by atoms with Gasteiger partial charge in [0.2, 0.25) is 0 Å². The summed E-state index contributed by atoms with van der Waals surface area (Å²) in [6.45, 7) is 8.88. The van der Waals surface area contributed by atoms with Crippen molar-refractivity contribution in [1.82, 2.24) is 9.88 Å². The van der Waals surface area contributed by atoms with Gasteiger partial charge in [0.25, 0.3) is 5.91 Å². The molecule has 3 rings (SSSR count). The van der Waals surface area contributed by atoms with Gasteiger partial charge in [-0.2, -0.15) is 0 Å². The maximum Gasteiger partial charge on any atom is 0.260 e. The maximum atomic E-state index is 14.1. The van der Waals surface area contributed by atoms with Crippen LogP contribution in [0.25, 0.3) is 10.2 Å². The molecule has 0 bridgehead atoms. The van der Waals surface area contributed by atoms with Crippen LogP contribution in [0, 0.1) is 18.6 Å². The molecule has 2 aromatic carbocycles. The molecule has 0 aliphatic heterocycles. The third-order valence-corrected chi connectivity index (χ3v) is 5.74. The van der Waals surface area contributed by atoms with Crippen LogP contribution in [0.1, 0.15) is 29.8 Å². The van der Waals surface area contributed by atoms with Gasteiger partial charge in [0, 0.05) is 24.7 Å². The first-order chi connectivity index (χ1) is 13.4. The number of amides is 1. The van der Waals surface area contributed by atoms with Crippen LogP contribution < -0.4 is 4.90 Å². The third kappa shape index (κ3) is 4.36. The average molecular weight is 403 g/mol. The normalized spacial score (nSPS) is 11.4. The van der Waals surface area contributed by atoms with Crippen LogP contribution in [0.5, 0.6) is 0 Å². The topological polar surface area (TPSA) is 36.4 Å². The molecule has 0 N–H and O–H groups in total. The van der Waals surface area contributed by atoms with Gasteiger partial charge in [-0.3, -0.25) is 9.69 Å². The molecular weight excluding hydrogens is 380 g/mol. The predicted octanol–water partition coefficient (Wildman–Crippen LogP) is 4.87. The molecule has 0 atom stereocenters. The van der Waals surface area contributed by atoms with Crippen molar-refractivity contribution in [3.63, 3.8) is 0 Å². The summed E-state index contributed by atoms with van der Waals surface area (Å²) in [6, 6.07) is 9.37. The third-order valence-electron chi connectivity index (χ3n) is 4.71. The van der Waals surface area contributed by atoms with Crippen LogP contribution in [-0.4, -0.2) is 42.0 Å². The highest BCUT2D eigenvalue weighted by atomic mass is 32.1. The van der Waals surface area contributed by atoms with Gasteiger partial charge in [0.05, 0.1) is 4.70 Å². The number of carbonyl (C=O) groups excluding carboxylic acids is 1. The highest BCUT2D eigenvalue weighted by Gasteiger charge is 2.23. The fourth-order valence-corrected chi connectivity index (χ4v) is 4.01. The minimum Gasteiger partial charge on any atom is -0.302 e. The number of hydrogen-bond acceptors (Lipinski definition) is 4. The van der Waals surface area contributed by atoms with Crippen LogP contribution in [0.4, 0.5) is 13.9 Å². The molecule has 148 valence electrons. The number of carbonyl (C=O) groups is 1. The van der Waals surface area contributed by atoms with Gasteiger partial charge in [0.1, 0.15) is 11.3 Å². The van der Waals surface area contributed by atoms with E-state index in [4.69, 9.17) is 0 Å². The summed E-state index contributed by atoms with van der Waals surface area (Å²) in [7, 11) is 0. The number of nitrogens with zero attached hydrogens (tertiary/aromatic N) is 3. The second-order valence-corrected chi connectivity index (χ2v) is 7.59. The lowest BCUT2D eigenvalue weighted by Crippen LogP contribution is -2.38. The lowest BCUT2D eigenvalue weighted by molar-refractivity contribution is 0.0983. The van der Waals surface area contributed by atoms with Crippen molar-refractivity contribution in [2.45, 2.75) is 20.8 Å². The molecular formula is C21H23F2N3OS. The lowest BCUT2D eigenvalue weighted by Gasteiger charge is -2.24. The minimum atomic E-state index is -0.719. The van der Waals surface area contributed by atoms with Gasteiger partial charge in [-0.25, -0.2) is 13.8 Å². The number of aromatic nitrogens is 1. The molecule has 28 heavy (non-hydrogen) atoms. The van der Waals surface area contributed by atoms with Crippen LogP contribution in [0.3, 0.4) is 0 Å². The van der Waals surface area contributed by atoms with E-state index in [2.05, 4.69) is 23.7 Å². The standard InChI is InChI=1S/C21H23F2N3OS/c1-4-25(5-2)10-11-26(20(27)15-8-6-14(3)7-9-15)21-24-19-17(23)12-16(22)13-18(19)28-21/h6-9,12-13H,4-5,10-11H2,1-3H3. The van der Waals surface area contributed by atoms with Crippen molar-refractivity contribution < 1.29 is 13.6 Å². The summed E-state index contributed by atoms with van der Waals surface area (Å²) in [4.78, 5) is 21.2. The molecule has 0 spiro atoms. The number of halogens is 2. The smallest absolute Gasteiger partial charge is 0.260 e. The Morgan fingerprint density at radius 3 is 2.39 bits per heavy atom. The molecule has 7 heteroatoms. The molecule has 3 aromatic rings. The minimum absolute atomic E-state index is 0.0888. The summed E-state index contributed by atoms with van der Waals surface area (Å²) in [5.41, 5.74) is 1.69. The number of anilines is 1.